The van der Waals surface area contributed by atoms with Gasteiger partial charge in [0.25, 0.3) is 0 Å². The lowest BCUT2D eigenvalue weighted by Crippen LogP contribution is -2.16. The first-order valence-electron chi connectivity index (χ1n) is 7.59. The van der Waals surface area contributed by atoms with Crippen LogP contribution in [0.1, 0.15) is 29.2 Å². The van der Waals surface area contributed by atoms with E-state index in [4.69, 9.17) is 0 Å². The zero-order valence-corrected chi connectivity index (χ0v) is 14.5. The number of carbonyl (C=O) groups is 1. The maximum absolute atomic E-state index is 12.3. The van der Waals surface area contributed by atoms with Gasteiger partial charge < -0.3 is 5.32 Å². The summed E-state index contributed by atoms with van der Waals surface area (Å²) in [6, 6.07) is 12.5. The van der Waals surface area contributed by atoms with Crippen molar-refractivity contribution in [2.75, 3.05) is 11.1 Å². The second kappa shape index (κ2) is 7.50. The molecule has 0 unspecified atom stereocenters. The van der Waals surface area contributed by atoms with Crippen molar-refractivity contribution in [1.29, 1.82) is 0 Å². The number of para-hydroxylation sites is 1. The van der Waals surface area contributed by atoms with E-state index in [1.165, 1.54) is 21.6 Å². The molecule has 1 amide bonds. The van der Waals surface area contributed by atoms with Gasteiger partial charge in [-0.2, -0.15) is 0 Å². The highest BCUT2D eigenvalue weighted by Gasteiger charge is 2.10. The Labute approximate surface area is 137 Å². The maximum atomic E-state index is 12.3. The molecule has 0 aliphatic heterocycles. The van der Waals surface area contributed by atoms with Crippen LogP contribution in [0.5, 0.6) is 0 Å². The van der Waals surface area contributed by atoms with Gasteiger partial charge in [-0.15, -0.1) is 11.8 Å². The van der Waals surface area contributed by atoms with E-state index >= 15 is 0 Å². The number of thioether (sulfide) groups is 1. The van der Waals surface area contributed by atoms with Crippen LogP contribution in [0.2, 0.25) is 0 Å². The third-order valence-corrected chi connectivity index (χ3v) is 4.86. The van der Waals surface area contributed by atoms with E-state index < -0.39 is 0 Å². The molecular weight excluding hydrogens is 290 g/mol. The normalized spacial score (nSPS) is 10.5. The molecule has 22 heavy (non-hydrogen) atoms. The molecular formula is C19H23NOS. The van der Waals surface area contributed by atoms with Gasteiger partial charge in [0.05, 0.1) is 5.75 Å². The summed E-state index contributed by atoms with van der Waals surface area (Å²) in [6.45, 7) is 8.29. The van der Waals surface area contributed by atoms with E-state index in [0.29, 0.717) is 5.75 Å². The first-order chi connectivity index (χ1) is 10.5. The van der Waals surface area contributed by atoms with Crippen molar-refractivity contribution in [2.24, 2.45) is 0 Å². The molecule has 0 spiro atoms. The molecule has 2 rings (SSSR count). The van der Waals surface area contributed by atoms with E-state index in [9.17, 15) is 4.79 Å². The van der Waals surface area contributed by atoms with Crippen molar-refractivity contribution in [3.63, 3.8) is 0 Å². The molecule has 0 aliphatic carbocycles. The molecule has 2 aromatic carbocycles. The van der Waals surface area contributed by atoms with Gasteiger partial charge in [-0.3, -0.25) is 4.79 Å². The van der Waals surface area contributed by atoms with Gasteiger partial charge in [0.15, 0.2) is 0 Å². The predicted octanol–water partition coefficient (Wildman–Crippen LogP) is 4.91. The third kappa shape index (κ3) is 4.14. The highest BCUT2D eigenvalue weighted by atomic mass is 32.2. The first kappa shape index (κ1) is 16.6. The van der Waals surface area contributed by atoms with E-state index in [1.807, 2.05) is 19.1 Å². The van der Waals surface area contributed by atoms with Crippen LogP contribution in [0.3, 0.4) is 0 Å². The number of anilines is 1. The highest BCUT2D eigenvalue weighted by Crippen LogP contribution is 2.25. The summed E-state index contributed by atoms with van der Waals surface area (Å²) >= 11 is 1.60. The van der Waals surface area contributed by atoms with E-state index in [-0.39, 0.29) is 5.91 Å². The Balaban J connectivity index is 2.03. The molecule has 0 saturated carbocycles. The van der Waals surface area contributed by atoms with E-state index in [1.54, 1.807) is 11.8 Å². The quantitative estimate of drug-likeness (QED) is 0.795. The van der Waals surface area contributed by atoms with Crippen LogP contribution in [-0.4, -0.2) is 11.7 Å². The number of hydrogen-bond acceptors (Lipinski definition) is 2. The number of carbonyl (C=O) groups excluding carboxylic acids is 1. The molecule has 0 heterocycles. The van der Waals surface area contributed by atoms with Gasteiger partial charge in [-0.25, -0.2) is 0 Å². The van der Waals surface area contributed by atoms with Crippen molar-refractivity contribution >= 4 is 23.4 Å². The standard InChI is InChI=1S/C19H23NOS/c1-5-16-8-6-7-15(4)19(16)20-18(21)12-22-17-11-13(2)9-10-14(17)3/h6-11H,5,12H2,1-4H3,(H,20,21). The Morgan fingerprint density at radius 1 is 1.09 bits per heavy atom. The Kier molecular flexibility index (Phi) is 5.67. The summed E-state index contributed by atoms with van der Waals surface area (Å²) < 4.78 is 0. The zero-order chi connectivity index (χ0) is 16.1. The molecule has 116 valence electrons. The first-order valence-corrected chi connectivity index (χ1v) is 8.58. The minimum Gasteiger partial charge on any atom is -0.325 e. The lowest BCUT2D eigenvalue weighted by molar-refractivity contribution is -0.113. The topological polar surface area (TPSA) is 29.1 Å². The fourth-order valence-corrected chi connectivity index (χ4v) is 3.31. The molecule has 2 aromatic rings. The fraction of sp³-hybridized carbons (Fsp3) is 0.316. The summed E-state index contributed by atoms with van der Waals surface area (Å²) in [6.07, 6.45) is 0.918. The smallest absolute Gasteiger partial charge is 0.234 e. The van der Waals surface area contributed by atoms with Crippen LogP contribution in [0, 0.1) is 20.8 Å². The van der Waals surface area contributed by atoms with Gasteiger partial charge in [0, 0.05) is 10.6 Å². The number of hydrogen-bond donors (Lipinski definition) is 1. The second-order valence-electron chi connectivity index (χ2n) is 5.57. The molecule has 0 fully saturated rings. The molecule has 0 bridgehead atoms. The van der Waals surface area contributed by atoms with Crippen molar-refractivity contribution in [3.05, 3.63) is 58.7 Å². The molecule has 0 saturated heterocycles. The fourth-order valence-electron chi connectivity index (χ4n) is 2.38. The summed E-state index contributed by atoms with van der Waals surface area (Å²) in [5.41, 5.74) is 5.71. The Hall–Kier alpha value is -1.74. The minimum atomic E-state index is 0.0508. The van der Waals surface area contributed by atoms with E-state index in [0.717, 1.165) is 17.7 Å². The lowest BCUT2D eigenvalue weighted by atomic mass is 10.1. The molecule has 0 atom stereocenters. The van der Waals surface area contributed by atoms with Gasteiger partial charge in [-0.05, 0) is 49.9 Å². The van der Waals surface area contributed by atoms with Crippen LogP contribution >= 0.6 is 11.8 Å². The third-order valence-electron chi connectivity index (χ3n) is 3.71. The summed E-state index contributed by atoms with van der Waals surface area (Å²) in [7, 11) is 0. The van der Waals surface area contributed by atoms with Crippen LogP contribution in [0.4, 0.5) is 5.69 Å². The number of rotatable bonds is 5. The second-order valence-corrected chi connectivity index (χ2v) is 6.59. The van der Waals surface area contributed by atoms with Crippen LogP contribution in [0.25, 0.3) is 0 Å². The van der Waals surface area contributed by atoms with E-state index in [2.05, 4.69) is 50.4 Å². The molecule has 1 N–H and O–H groups in total. The maximum Gasteiger partial charge on any atom is 0.234 e. The van der Waals surface area contributed by atoms with Crippen molar-refractivity contribution in [2.45, 2.75) is 39.0 Å². The van der Waals surface area contributed by atoms with Crippen LogP contribution in [-0.2, 0) is 11.2 Å². The monoisotopic (exact) mass is 313 g/mol. The van der Waals surface area contributed by atoms with Gasteiger partial charge in [0.2, 0.25) is 5.91 Å². The van der Waals surface area contributed by atoms with Gasteiger partial charge in [0.1, 0.15) is 0 Å². The van der Waals surface area contributed by atoms with Crippen molar-refractivity contribution in [3.8, 4) is 0 Å². The largest absolute Gasteiger partial charge is 0.325 e. The molecule has 0 aromatic heterocycles. The van der Waals surface area contributed by atoms with Crippen LogP contribution in [0.15, 0.2) is 41.3 Å². The number of benzene rings is 2. The van der Waals surface area contributed by atoms with Gasteiger partial charge in [-0.1, -0.05) is 42.8 Å². The van der Waals surface area contributed by atoms with Crippen LogP contribution < -0.4 is 5.32 Å². The summed E-state index contributed by atoms with van der Waals surface area (Å²) in [4.78, 5) is 13.4. The van der Waals surface area contributed by atoms with Gasteiger partial charge >= 0.3 is 0 Å². The number of amides is 1. The summed E-state index contributed by atoms with van der Waals surface area (Å²) in [5, 5.41) is 3.07. The highest BCUT2D eigenvalue weighted by molar-refractivity contribution is 8.00. The van der Waals surface area contributed by atoms with Crippen molar-refractivity contribution in [1.82, 2.24) is 0 Å². The lowest BCUT2D eigenvalue weighted by Gasteiger charge is -2.13. The minimum absolute atomic E-state index is 0.0508. The molecule has 0 aliphatic rings. The average Bonchev–Trinajstić information content (AvgIpc) is 2.50. The SMILES string of the molecule is CCc1cccc(C)c1NC(=O)CSc1cc(C)ccc1C. The Morgan fingerprint density at radius 2 is 1.86 bits per heavy atom. The molecule has 0 radical (unpaired) electrons. The zero-order valence-electron chi connectivity index (χ0n) is 13.7. The van der Waals surface area contributed by atoms with Crippen molar-refractivity contribution < 1.29 is 4.79 Å². The molecule has 2 nitrogen and oxygen atoms in total. The number of aryl methyl sites for hydroxylation is 4. The Bertz CT molecular complexity index is 679. The summed E-state index contributed by atoms with van der Waals surface area (Å²) in [5.74, 6) is 0.483. The Morgan fingerprint density at radius 3 is 2.59 bits per heavy atom. The molecule has 3 heteroatoms. The average molecular weight is 313 g/mol. The predicted molar refractivity (Wildman–Crippen MR) is 95.8 cm³/mol. The number of nitrogens with one attached hydrogen (secondary N) is 1.